The molecule has 0 nitrogen and oxygen atoms in total. The zero-order chi connectivity index (χ0) is 23.1. The van der Waals surface area contributed by atoms with Gasteiger partial charge < -0.3 is 24.8 Å². The number of hydrogen-bond acceptors (Lipinski definition) is 0. The van der Waals surface area contributed by atoms with Gasteiger partial charge in [0.2, 0.25) is 0 Å². The van der Waals surface area contributed by atoms with Gasteiger partial charge in [0, 0.05) is 5.92 Å². The first-order chi connectivity index (χ1) is 15.1. The Labute approximate surface area is 245 Å². The fourth-order valence-corrected chi connectivity index (χ4v) is 5.31. The standard InChI is InChI=1S/C32H40.2ClH.Zr/c1-22(12-8-9-13-23-14-10-11-15-23)30-28-21-24-20-25(31(2,3)4)16-17-26(24)27(28)18-19-29(30)32(5,6)7;;;/h9-11,13-20,22-23H,8,12,21H2,1-7H3;2*1H;/q;;;+2/p-2. The third-order valence-corrected chi connectivity index (χ3v) is 7.19. The van der Waals surface area contributed by atoms with Gasteiger partial charge in [-0.1, -0.05) is 115 Å². The maximum absolute atomic E-state index is 2.46. The Morgan fingerprint density at radius 3 is 2.11 bits per heavy atom. The topological polar surface area (TPSA) is 0 Å². The van der Waals surface area contributed by atoms with Gasteiger partial charge in [-0.2, -0.15) is 0 Å². The molecule has 3 heteroatoms. The zero-order valence-electron chi connectivity index (χ0n) is 22.4. The molecule has 0 N–H and O–H groups in total. The van der Waals surface area contributed by atoms with Crippen molar-refractivity contribution in [3.05, 3.63) is 94.6 Å². The second-order valence-electron chi connectivity index (χ2n) is 11.9. The van der Waals surface area contributed by atoms with Crippen LogP contribution in [0.2, 0.25) is 0 Å². The van der Waals surface area contributed by atoms with Crippen molar-refractivity contribution in [1.82, 2.24) is 0 Å². The summed E-state index contributed by atoms with van der Waals surface area (Å²) in [5, 5.41) is 0. The molecule has 4 rings (SSSR count). The molecule has 0 aliphatic heterocycles. The van der Waals surface area contributed by atoms with Gasteiger partial charge in [-0.25, -0.2) is 0 Å². The van der Waals surface area contributed by atoms with E-state index in [1.54, 1.807) is 11.1 Å². The van der Waals surface area contributed by atoms with E-state index >= 15 is 0 Å². The van der Waals surface area contributed by atoms with Crippen LogP contribution in [-0.2, 0) is 43.5 Å². The molecule has 0 radical (unpaired) electrons. The molecule has 0 saturated heterocycles. The fraction of sp³-hybridized carbons (Fsp3) is 0.438. The van der Waals surface area contributed by atoms with E-state index in [0.717, 1.165) is 12.8 Å². The molecule has 0 saturated carbocycles. The first-order valence-electron chi connectivity index (χ1n) is 12.4. The molecule has 2 aliphatic rings. The summed E-state index contributed by atoms with van der Waals surface area (Å²) < 4.78 is 0. The van der Waals surface area contributed by atoms with Crippen LogP contribution >= 0.6 is 0 Å². The van der Waals surface area contributed by atoms with Crippen molar-refractivity contribution < 1.29 is 51.0 Å². The molecule has 2 aromatic carbocycles. The van der Waals surface area contributed by atoms with Crippen LogP contribution < -0.4 is 24.8 Å². The van der Waals surface area contributed by atoms with Gasteiger partial charge in [0.1, 0.15) is 0 Å². The van der Waals surface area contributed by atoms with Crippen molar-refractivity contribution in [1.29, 1.82) is 0 Å². The molecule has 0 amide bonds. The first-order valence-corrected chi connectivity index (χ1v) is 12.4. The quantitative estimate of drug-likeness (QED) is 0.404. The molecule has 0 aromatic heterocycles. The molecular weight excluding hydrogens is 546 g/mol. The van der Waals surface area contributed by atoms with Crippen LogP contribution in [0.25, 0.3) is 11.1 Å². The van der Waals surface area contributed by atoms with Crippen molar-refractivity contribution in [3.63, 3.8) is 0 Å². The van der Waals surface area contributed by atoms with Gasteiger partial charge in [0.15, 0.2) is 0 Å². The first kappa shape index (κ1) is 32.2. The van der Waals surface area contributed by atoms with Crippen LogP contribution in [0.15, 0.2) is 66.8 Å². The van der Waals surface area contributed by atoms with Gasteiger partial charge in [0.25, 0.3) is 0 Å². The van der Waals surface area contributed by atoms with Crippen LogP contribution in [-0.4, -0.2) is 0 Å². The summed E-state index contributed by atoms with van der Waals surface area (Å²) in [6.07, 6.45) is 16.9. The summed E-state index contributed by atoms with van der Waals surface area (Å²) in [6, 6.07) is 12.0. The number of fused-ring (bicyclic) bond motifs is 3. The Balaban J connectivity index is 0.00000204. The van der Waals surface area contributed by atoms with Gasteiger partial charge in [0.05, 0.1) is 0 Å². The van der Waals surface area contributed by atoms with Crippen LogP contribution in [0.3, 0.4) is 0 Å². The van der Waals surface area contributed by atoms with E-state index in [-0.39, 0.29) is 61.8 Å². The third kappa shape index (κ3) is 7.12. The second kappa shape index (κ2) is 12.6. The van der Waals surface area contributed by atoms with E-state index in [2.05, 4.69) is 115 Å². The summed E-state index contributed by atoms with van der Waals surface area (Å²) in [6.45, 7) is 16.5. The number of halogens is 2. The Bertz CT molecular complexity index is 1080. The minimum absolute atomic E-state index is 0. The molecule has 1 unspecified atom stereocenters. The van der Waals surface area contributed by atoms with Gasteiger partial charge in [-0.15, -0.1) is 0 Å². The van der Waals surface area contributed by atoms with E-state index in [9.17, 15) is 0 Å². The van der Waals surface area contributed by atoms with E-state index in [1.165, 1.54) is 34.2 Å². The monoisotopic (exact) mass is 584 g/mol. The molecule has 35 heavy (non-hydrogen) atoms. The van der Waals surface area contributed by atoms with Gasteiger partial charge >= 0.3 is 26.2 Å². The van der Waals surface area contributed by atoms with Crippen molar-refractivity contribution in [2.45, 2.75) is 84.5 Å². The molecule has 0 bridgehead atoms. The molecule has 1 atom stereocenters. The largest absolute Gasteiger partial charge is 2.00 e. The van der Waals surface area contributed by atoms with Crippen molar-refractivity contribution in [3.8, 4) is 11.1 Å². The number of rotatable bonds is 5. The van der Waals surface area contributed by atoms with E-state index < -0.39 is 0 Å². The normalized spacial score (nSPS) is 15.3. The minimum Gasteiger partial charge on any atom is -1.00 e. The molecule has 2 aromatic rings. The van der Waals surface area contributed by atoms with Crippen LogP contribution in [0.4, 0.5) is 0 Å². The molecule has 0 spiro atoms. The number of benzene rings is 2. The summed E-state index contributed by atoms with van der Waals surface area (Å²) in [5.74, 6) is 1.04. The summed E-state index contributed by atoms with van der Waals surface area (Å²) in [7, 11) is 0. The molecule has 2 aliphatic carbocycles. The maximum atomic E-state index is 2.46. The second-order valence-corrected chi connectivity index (χ2v) is 11.9. The minimum atomic E-state index is 0. The summed E-state index contributed by atoms with van der Waals surface area (Å²) >= 11 is 0. The summed E-state index contributed by atoms with van der Waals surface area (Å²) in [4.78, 5) is 0. The van der Waals surface area contributed by atoms with Crippen molar-refractivity contribution >= 4 is 0 Å². The van der Waals surface area contributed by atoms with Crippen LogP contribution in [0, 0.1) is 5.92 Å². The van der Waals surface area contributed by atoms with Crippen molar-refractivity contribution in [2.24, 2.45) is 5.92 Å². The predicted molar refractivity (Wildman–Crippen MR) is 141 cm³/mol. The summed E-state index contributed by atoms with van der Waals surface area (Å²) in [5.41, 5.74) is 10.9. The van der Waals surface area contributed by atoms with E-state index in [0.29, 0.717) is 11.8 Å². The average molecular weight is 587 g/mol. The number of hydrogen-bond donors (Lipinski definition) is 0. The van der Waals surface area contributed by atoms with Crippen LogP contribution in [0.5, 0.6) is 0 Å². The number of allylic oxidation sites excluding steroid dienone is 6. The molecule has 186 valence electrons. The smallest absolute Gasteiger partial charge is 1.00 e. The Hall–Kier alpha value is -0.877. The third-order valence-electron chi connectivity index (χ3n) is 7.19. The predicted octanol–water partition coefficient (Wildman–Crippen LogP) is 3.04. The average Bonchev–Trinajstić information content (AvgIpc) is 3.35. The zero-order valence-corrected chi connectivity index (χ0v) is 26.4. The van der Waals surface area contributed by atoms with Gasteiger partial charge in [-0.05, 0) is 75.0 Å². The van der Waals surface area contributed by atoms with Crippen molar-refractivity contribution in [2.75, 3.05) is 0 Å². The maximum Gasteiger partial charge on any atom is 2.00 e. The Morgan fingerprint density at radius 1 is 0.886 bits per heavy atom. The van der Waals surface area contributed by atoms with E-state index in [1.807, 2.05) is 0 Å². The van der Waals surface area contributed by atoms with E-state index in [4.69, 9.17) is 0 Å². The fourth-order valence-electron chi connectivity index (χ4n) is 5.31. The Kier molecular flexibility index (Phi) is 11.6. The molecular formula is C32H40Cl2Zr. The SMILES string of the molecule is CC(CCC=CC1C=CC=C1)c1c(C(C)(C)C)ccc2c1Cc1cc(C(C)(C)C)ccc1-2.[Cl-].[Cl-].[Zr+2]. The van der Waals surface area contributed by atoms with Crippen LogP contribution in [0.1, 0.15) is 95.0 Å². The molecule has 0 fully saturated rings. The Morgan fingerprint density at radius 2 is 1.51 bits per heavy atom. The molecule has 0 heterocycles. The van der Waals surface area contributed by atoms with Gasteiger partial charge in [-0.3, -0.25) is 0 Å².